The van der Waals surface area contributed by atoms with Gasteiger partial charge in [0.05, 0.1) is 22.5 Å². The summed E-state index contributed by atoms with van der Waals surface area (Å²) in [4.78, 5) is 25.2. The topological polar surface area (TPSA) is 87.4 Å². The van der Waals surface area contributed by atoms with E-state index in [1.807, 2.05) is 30.0 Å². The van der Waals surface area contributed by atoms with Crippen molar-refractivity contribution in [2.45, 2.75) is 50.9 Å². The summed E-state index contributed by atoms with van der Waals surface area (Å²) < 4.78 is 1.99. The Morgan fingerprint density at radius 1 is 1.28 bits per heavy atom. The SMILES string of the molecule is Cc1nn(C(C)C2C=CC(Cl)=CC2Cl)c2nc(N3CC(C4CCCN(CCCC(=O)O)C4)C3)ncc12. The molecule has 5 rings (SSSR count). The minimum atomic E-state index is -0.708. The van der Waals surface area contributed by atoms with Crippen molar-refractivity contribution in [3.05, 3.63) is 35.2 Å². The van der Waals surface area contributed by atoms with Gasteiger partial charge in [-0.2, -0.15) is 10.1 Å². The Balaban J connectivity index is 1.25. The van der Waals surface area contributed by atoms with E-state index in [4.69, 9.17) is 38.4 Å². The highest BCUT2D eigenvalue weighted by atomic mass is 35.5. The van der Waals surface area contributed by atoms with Gasteiger partial charge in [0.25, 0.3) is 0 Å². The molecular formula is C26H34Cl2N6O2. The van der Waals surface area contributed by atoms with E-state index < -0.39 is 5.97 Å². The first-order chi connectivity index (χ1) is 17.3. The molecule has 4 unspecified atom stereocenters. The van der Waals surface area contributed by atoms with E-state index in [9.17, 15) is 4.79 Å². The van der Waals surface area contributed by atoms with Crippen molar-refractivity contribution >= 4 is 46.2 Å². The third-order valence-electron chi connectivity index (χ3n) is 7.99. The molecule has 3 aliphatic rings. The van der Waals surface area contributed by atoms with Crippen LogP contribution in [0.25, 0.3) is 11.0 Å². The number of aromatic nitrogens is 4. The Bertz CT molecular complexity index is 1170. The van der Waals surface area contributed by atoms with Crippen LogP contribution in [-0.4, -0.2) is 73.8 Å². The molecule has 4 heterocycles. The van der Waals surface area contributed by atoms with Gasteiger partial charge in [-0.05, 0) is 70.2 Å². The maximum atomic E-state index is 10.8. The third-order valence-corrected chi connectivity index (χ3v) is 8.66. The third kappa shape index (κ3) is 5.27. The number of hydrogen-bond donors (Lipinski definition) is 1. The molecule has 194 valence electrons. The fourth-order valence-corrected chi connectivity index (χ4v) is 6.52. The predicted octanol–water partition coefficient (Wildman–Crippen LogP) is 4.62. The fraction of sp³-hybridized carbons (Fsp3) is 0.615. The number of fused-ring (bicyclic) bond motifs is 1. The number of piperidine rings is 1. The Hall–Kier alpha value is -2.16. The van der Waals surface area contributed by atoms with Gasteiger partial charge < -0.3 is 14.9 Å². The molecular weight excluding hydrogens is 499 g/mol. The number of aliphatic carboxylic acids is 1. The molecule has 2 saturated heterocycles. The molecule has 2 aliphatic heterocycles. The molecule has 0 spiro atoms. The molecule has 2 fully saturated rings. The lowest BCUT2D eigenvalue weighted by molar-refractivity contribution is -0.137. The summed E-state index contributed by atoms with van der Waals surface area (Å²) in [6.07, 6.45) is 11.1. The highest BCUT2D eigenvalue weighted by Gasteiger charge is 2.37. The molecule has 36 heavy (non-hydrogen) atoms. The number of carboxylic acid groups (broad SMARTS) is 1. The lowest BCUT2D eigenvalue weighted by Gasteiger charge is -2.46. The average Bonchev–Trinajstić information content (AvgIpc) is 3.14. The molecule has 10 heteroatoms. The van der Waals surface area contributed by atoms with Gasteiger partial charge in [0, 0.05) is 43.2 Å². The number of carbonyl (C=O) groups is 1. The number of allylic oxidation sites excluding steroid dienone is 4. The summed E-state index contributed by atoms with van der Waals surface area (Å²) in [5, 5.41) is 15.1. The van der Waals surface area contributed by atoms with Gasteiger partial charge in [0.2, 0.25) is 5.95 Å². The zero-order valence-electron chi connectivity index (χ0n) is 20.9. The molecule has 0 bridgehead atoms. The van der Waals surface area contributed by atoms with Gasteiger partial charge in [0.1, 0.15) is 0 Å². The Morgan fingerprint density at radius 3 is 2.83 bits per heavy atom. The monoisotopic (exact) mass is 532 g/mol. The maximum Gasteiger partial charge on any atom is 0.303 e. The highest BCUT2D eigenvalue weighted by molar-refractivity contribution is 6.32. The molecule has 0 saturated carbocycles. The van der Waals surface area contributed by atoms with Crippen molar-refractivity contribution in [3.63, 3.8) is 0 Å². The first-order valence-corrected chi connectivity index (χ1v) is 13.7. The van der Waals surface area contributed by atoms with Crippen molar-refractivity contribution in [1.29, 1.82) is 0 Å². The largest absolute Gasteiger partial charge is 0.481 e. The van der Waals surface area contributed by atoms with E-state index in [1.54, 1.807) is 0 Å². The van der Waals surface area contributed by atoms with Crippen LogP contribution in [0.15, 0.2) is 29.5 Å². The Labute approximate surface area is 222 Å². The summed E-state index contributed by atoms with van der Waals surface area (Å²) in [6, 6.07) is 0.0159. The van der Waals surface area contributed by atoms with Crippen LogP contribution in [0.1, 0.15) is 44.3 Å². The minimum absolute atomic E-state index is 0.0159. The zero-order valence-corrected chi connectivity index (χ0v) is 22.4. The van der Waals surface area contributed by atoms with E-state index in [0.29, 0.717) is 16.9 Å². The lowest BCUT2D eigenvalue weighted by Crippen LogP contribution is -2.54. The van der Waals surface area contributed by atoms with Gasteiger partial charge >= 0.3 is 5.97 Å². The summed E-state index contributed by atoms with van der Waals surface area (Å²) in [5.41, 5.74) is 1.75. The number of halogens is 2. The second-order valence-electron chi connectivity index (χ2n) is 10.5. The summed E-state index contributed by atoms with van der Waals surface area (Å²) in [7, 11) is 0. The number of likely N-dealkylation sites (tertiary alicyclic amines) is 1. The molecule has 8 nitrogen and oxygen atoms in total. The highest BCUT2D eigenvalue weighted by Crippen LogP contribution is 2.36. The van der Waals surface area contributed by atoms with E-state index in [0.717, 1.165) is 61.8 Å². The molecule has 4 atom stereocenters. The summed E-state index contributed by atoms with van der Waals surface area (Å²) >= 11 is 12.7. The van der Waals surface area contributed by atoms with Gasteiger partial charge in [-0.25, -0.2) is 9.67 Å². The van der Waals surface area contributed by atoms with Gasteiger partial charge in [-0.15, -0.1) is 11.6 Å². The summed E-state index contributed by atoms with van der Waals surface area (Å²) in [5.74, 6) is 1.38. The van der Waals surface area contributed by atoms with Crippen LogP contribution in [0.4, 0.5) is 5.95 Å². The van der Waals surface area contributed by atoms with Gasteiger partial charge in [-0.3, -0.25) is 4.79 Å². The van der Waals surface area contributed by atoms with Crippen LogP contribution in [0.3, 0.4) is 0 Å². The predicted molar refractivity (Wildman–Crippen MR) is 143 cm³/mol. The second kappa shape index (κ2) is 10.7. The molecule has 1 N–H and O–H groups in total. The fourth-order valence-electron chi connectivity index (χ4n) is 5.82. The Kier molecular flexibility index (Phi) is 7.56. The number of nitrogens with zero attached hydrogens (tertiary/aromatic N) is 6. The van der Waals surface area contributed by atoms with Gasteiger partial charge in [-0.1, -0.05) is 17.7 Å². The van der Waals surface area contributed by atoms with E-state index in [-0.39, 0.29) is 23.8 Å². The van der Waals surface area contributed by atoms with Crippen LogP contribution in [0.5, 0.6) is 0 Å². The molecule has 0 amide bonds. The number of anilines is 1. The number of alkyl halides is 1. The van der Waals surface area contributed by atoms with E-state index in [1.165, 1.54) is 12.8 Å². The van der Waals surface area contributed by atoms with Crippen LogP contribution in [-0.2, 0) is 4.79 Å². The van der Waals surface area contributed by atoms with Crippen molar-refractivity contribution in [2.75, 3.05) is 37.6 Å². The smallest absolute Gasteiger partial charge is 0.303 e. The first-order valence-electron chi connectivity index (χ1n) is 12.9. The van der Waals surface area contributed by atoms with Crippen molar-refractivity contribution in [2.24, 2.45) is 17.8 Å². The minimum Gasteiger partial charge on any atom is -0.481 e. The van der Waals surface area contributed by atoms with Crippen molar-refractivity contribution in [3.8, 4) is 0 Å². The molecule has 2 aromatic rings. The van der Waals surface area contributed by atoms with Crippen LogP contribution in [0.2, 0.25) is 0 Å². The number of rotatable bonds is 8. The van der Waals surface area contributed by atoms with Crippen molar-refractivity contribution in [1.82, 2.24) is 24.6 Å². The zero-order chi connectivity index (χ0) is 25.4. The maximum absolute atomic E-state index is 10.8. The van der Waals surface area contributed by atoms with Crippen LogP contribution in [0, 0.1) is 24.7 Å². The normalized spacial score (nSPS) is 26.2. The molecule has 1 aliphatic carbocycles. The quantitative estimate of drug-likeness (QED) is 0.496. The second-order valence-corrected chi connectivity index (χ2v) is 11.4. The molecule has 0 aromatic carbocycles. The molecule has 0 radical (unpaired) electrons. The first kappa shape index (κ1) is 25.5. The number of carboxylic acids is 1. The van der Waals surface area contributed by atoms with Gasteiger partial charge in [0.15, 0.2) is 5.65 Å². The van der Waals surface area contributed by atoms with Crippen LogP contribution >= 0.6 is 23.2 Å². The standard InChI is InChI=1S/C26H34Cl2N6O2/c1-16-22-12-29-26(30-25(22)34(31-16)17(2)21-8-7-20(27)11-23(21)28)33-14-19(15-33)18-5-3-9-32(13-18)10-4-6-24(35)36/h7-8,11-12,17-19,21,23H,3-6,9-10,13-15H2,1-2H3,(H,35,36). The molecule has 2 aromatic heterocycles. The van der Waals surface area contributed by atoms with E-state index in [2.05, 4.69) is 27.8 Å². The number of hydrogen-bond acceptors (Lipinski definition) is 6. The lowest BCUT2D eigenvalue weighted by atomic mass is 9.80. The van der Waals surface area contributed by atoms with E-state index >= 15 is 0 Å². The Morgan fingerprint density at radius 2 is 2.08 bits per heavy atom. The van der Waals surface area contributed by atoms with Crippen LogP contribution < -0.4 is 4.90 Å². The summed E-state index contributed by atoms with van der Waals surface area (Å²) in [6.45, 7) is 9.05. The van der Waals surface area contributed by atoms with Crippen molar-refractivity contribution < 1.29 is 9.90 Å². The number of aryl methyl sites for hydroxylation is 1. The average molecular weight is 534 g/mol.